The molecule has 0 saturated heterocycles. The Bertz CT molecular complexity index is 25.2. The molecular formula is H8Cl4N2Pd+2. The van der Waals surface area contributed by atoms with Gasteiger partial charge >= 0.3 is 49.6 Å². The molecule has 0 amide bonds. The van der Waals surface area contributed by atoms with Crippen LogP contribution >= 0.6 is 38.1 Å². The van der Waals surface area contributed by atoms with E-state index in [4.69, 9.17) is 38.1 Å². The molecule has 0 aliphatic carbocycles. The van der Waals surface area contributed by atoms with Crippen LogP contribution in [0.1, 0.15) is 0 Å². The summed E-state index contributed by atoms with van der Waals surface area (Å²) in [6.07, 6.45) is 0. The maximum absolute atomic E-state index is 4.98. The van der Waals surface area contributed by atoms with Gasteiger partial charge in [-0.2, -0.15) is 0 Å². The van der Waals surface area contributed by atoms with Crippen LogP contribution in [-0.4, -0.2) is 0 Å². The second kappa shape index (κ2) is 5.87. The summed E-state index contributed by atoms with van der Waals surface area (Å²) in [6, 6.07) is 0. The maximum Gasteiger partial charge on any atom is -0.369 e. The van der Waals surface area contributed by atoms with Gasteiger partial charge in [-0.3, -0.25) is 0 Å². The van der Waals surface area contributed by atoms with Gasteiger partial charge in [0.25, 0.3) is 0 Å². The summed E-state index contributed by atoms with van der Waals surface area (Å²) < 4.78 is 0. The Hall–Kier alpha value is 1.74. The molecule has 8 N–H and O–H groups in total. The fourth-order valence-electron chi connectivity index (χ4n) is 0. The molecule has 0 radical (unpaired) electrons. The molecule has 0 fully saturated rings. The summed E-state index contributed by atoms with van der Waals surface area (Å²) in [4.78, 5) is 0. The van der Waals surface area contributed by atoms with Crippen molar-refractivity contribution >= 4 is 38.1 Å². The molecule has 0 saturated carbocycles. The molecule has 2 nitrogen and oxygen atoms in total. The van der Waals surface area contributed by atoms with Gasteiger partial charge in [0.2, 0.25) is 0 Å². The van der Waals surface area contributed by atoms with Gasteiger partial charge in [-0.25, -0.2) is 0 Å². The van der Waals surface area contributed by atoms with Crippen molar-refractivity contribution in [1.82, 2.24) is 12.3 Å². The first-order valence-electron chi connectivity index (χ1n) is 0.478. The summed E-state index contributed by atoms with van der Waals surface area (Å²) in [5, 5.41) is 0. The minimum Gasteiger partial charge on any atom is -0.369 e. The zero-order valence-corrected chi connectivity index (χ0v) is 8.41. The Morgan fingerprint density at radius 1 is 0.714 bits per heavy atom. The topological polar surface area (TPSA) is 73.0 Å². The number of quaternary nitrogens is 2. The summed E-state index contributed by atoms with van der Waals surface area (Å²) in [5.41, 5.74) is 0. The van der Waals surface area contributed by atoms with Gasteiger partial charge in [-0.15, -0.1) is 0 Å². The van der Waals surface area contributed by atoms with E-state index in [1.807, 2.05) is 0 Å². The maximum atomic E-state index is 4.98. The largest absolute Gasteiger partial charge is 0.369 e. The second-order valence-electron chi connectivity index (χ2n) is 0.271. The zero-order valence-electron chi connectivity index (χ0n) is 3.83. The van der Waals surface area contributed by atoms with Crippen LogP contribution in [0, 0.1) is 0 Å². The van der Waals surface area contributed by atoms with E-state index in [1.165, 1.54) is 0 Å². The number of hydrogen-bond acceptors (Lipinski definition) is 0. The quantitative estimate of drug-likeness (QED) is 0.639. The van der Waals surface area contributed by atoms with Crippen molar-refractivity contribution in [2.24, 2.45) is 0 Å². The van der Waals surface area contributed by atoms with Crippen molar-refractivity contribution < 1.29 is 11.5 Å². The third-order valence-electron chi connectivity index (χ3n) is 0. The second-order valence-corrected chi connectivity index (χ2v) is 14.4. The predicted octanol–water partition coefficient (Wildman–Crippen LogP) is 3.51. The molecule has 0 atom stereocenters. The molecule has 7 heavy (non-hydrogen) atoms. The predicted molar refractivity (Wildman–Crippen MR) is 35.4 cm³/mol. The average molecular weight is 284 g/mol. The van der Waals surface area contributed by atoms with Crippen LogP contribution in [0.4, 0.5) is 0 Å². The molecule has 7 heteroatoms. The number of hydrogen-bond donors (Lipinski definition) is 2. The van der Waals surface area contributed by atoms with Crippen LogP contribution in [-0.2, 0) is 11.5 Å². The van der Waals surface area contributed by atoms with Crippen LogP contribution < -0.4 is 12.3 Å². The molecule has 0 aliphatic heterocycles. The van der Waals surface area contributed by atoms with E-state index in [1.54, 1.807) is 0 Å². The molecule has 0 rings (SSSR count). The number of halogens is 4. The molecule has 0 unspecified atom stereocenters. The van der Waals surface area contributed by atoms with Crippen molar-refractivity contribution in [3.8, 4) is 0 Å². The van der Waals surface area contributed by atoms with Crippen LogP contribution in [0.15, 0.2) is 0 Å². The molecule has 0 aromatic carbocycles. The van der Waals surface area contributed by atoms with E-state index in [0.29, 0.717) is 0 Å². The SMILES string of the molecule is [Cl][Pd]([Cl])([Cl])[Cl].[NH4+].[NH4+]. The molecule has 0 spiro atoms. The minimum atomic E-state index is -2.81. The first kappa shape index (κ1) is 15.9. The van der Waals surface area contributed by atoms with E-state index in [9.17, 15) is 0 Å². The third kappa shape index (κ3) is 84.1. The molecule has 54 valence electrons. The van der Waals surface area contributed by atoms with E-state index >= 15 is 0 Å². The molecule has 0 bridgehead atoms. The molecule has 0 aromatic rings. The molecule has 0 aromatic heterocycles. The Balaban J connectivity index is -0.0000000800. The summed E-state index contributed by atoms with van der Waals surface area (Å²) in [6.45, 7) is 0. The van der Waals surface area contributed by atoms with Crippen molar-refractivity contribution in [1.29, 1.82) is 0 Å². The fraction of sp³-hybridized carbons (Fsp3) is 0. The zero-order chi connectivity index (χ0) is 4.50. The van der Waals surface area contributed by atoms with Gasteiger partial charge < -0.3 is 12.3 Å². The van der Waals surface area contributed by atoms with Gasteiger partial charge in [-0.1, -0.05) is 0 Å². The number of rotatable bonds is 0. The van der Waals surface area contributed by atoms with Gasteiger partial charge in [0.15, 0.2) is 0 Å². The average Bonchev–Trinajstić information content (AvgIpc) is 0.722. The summed E-state index contributed by atoms with van der Waals surface area (Å²) >= 11 is -2.81. The Labute approximate surface area is 61.6 Å². The van der Waals surface area contributed by atoms with Crippen LogP contribution in [0.5, 0.6) is 0 Å². The van der Waals surface area contributed by atoms with Gasteiger partial charge in [0.1, 0.15) is 0 Å². The van der Waals surface area contributed by atoms with E-state index in [0.717, 1.165) is 0 Å². The monoisotopic (exact) mass is 282 g/mol. The third-order valence-corrected chi connectivity index (χ3v) is 0. The van der Waals surface area contributed by atoms with Crippen molar-refractivity contribution in [3.63, 3.8) is 0 Å². The molecule has 0 aliphatic rings. The van der Waals surface area contributed by atoms with Gasteiger partial charge in [0, 0.05) is 0 Å². The van der Waals surface area contributed by atoms with E-state index < -0.39 is 11.5 Å². The van der Waals surface area contributed by atoms with Gasteiger partial charge in [-0.05, 0) is 0 Å². The Morgan fingerprint density at radius 2 is 0.714 bits per heavy atom. The van der Waals surface area contributed by atoms with E-state index in [-0.39, 0.29) is 12.3 Å². The summed E-state index contributed by atoms with van der Waals surface area (Å²) in [5.74, 6) is 0. The first-order chi connectivity index (χ1) is 2.00. The van der Waals surface area contributed by atoms with Crippen molar-refractivity contribution in [2.75, 3.05) is 0 Å². The fourth-order valence-corrected chi connectivity index (χ4v) is 0. The Kier molecular flexibility index (Phi) is 13.3. The van der Waals surface area contributed by atoms with Gasteiger partial charge in [0.05, 0.1) is 0 Å². The Morgan fingerprint density at radius 3 is 0.714 bits per heavy atom. The molecule has 0 heterocycles. The van der Waals surface area contributed by atoms with Crippen LogP contribution in [0.3, 0.4) is 0 Å². The summed E-state index contributed by atoms with van der Waals surface area (Å²) in [7, 11) is 19.9. The normalized spacial score (nSPS) is 10.9. The van der Waals surface area contributed by atoms with Crippen molar-refractivity contribution in [2.45, 2.75) is 0 Å². The van der Waals surface area contributed by atoms with Crippen LogP contribution in [0.25, 0.3) is 0 Å². The van der Waals surface area contributed by atoms with E-state index in [2.05, 4.69) is 0 Å². The van der Waals surface area contributed by atoms with Crippen LogP contribution in [0.2, 0.25) is 0 Å². The minimum absolute atomic E-state index is 0. The molecular weight excluding hydrogens is 276 g/mol. The smallest absolute Gasteiger partial charge is 0.369 e. The van der Waals surface area contributed by atoms with Crippen molar-refractivity contribution in [3.05, 3.63) is 0 Å². The standard InChI is InChI=1S/4ClH.2H3N.Pd/h4*1H;2*1H3;/q;;;;;;+4/p-2. The first-order valence-corrected chi connectivity index (χ1v) is 8.49.